The summed E-state index contributed by atoms with van der Waals surface area (Å²) in [4.78, 5) is 27.4. The second-order valence-corrected chi connectivity index (χ2v) is 14.4. The Balaban J connectivity index is 1.69. The van der Waals surface area contributed by atoms with Crippen molar-refractivity contribution in [1.82, 2.24) is 0 Å². The Labute approximate surface area is 210 Å². The first kappa shape index (κ1) is 24.5. The minimum Gasteiger partial charge on any atom is -0.295 e. The fourth-order valence-electron chi connectivity index (χ4n) is 9.82. The second kappa shape index (κ2) is 6.97. The number of rotatable bonds is 0. The van der Waals surface area contributed by atoms with Gasteiger partial charge in [-0.1, -0.05) is 53.2 Å². The summed E-state index contributed by atoms with van der Waals surface area (Å²) in [5.41, 5.74) is -0.401. The van der Waals surface area contributed by atoms with Gasteiger partial charge in [0.1, 0.15) is 6.07 Å². The molecule has 0 radical (unpaired) electrons. The minimum absolute atomic E-state index is 0.0654. The molecule has 5 aliphatic carbocycles. The molecule has 0 aliphatic heterocycles. The van der Waals surface area contributed by atoms with Crippen LogP contribution in [0.2, 0.25) is 0 Å². The van der Waals surface area contributed by atoms with Gasteiger partial charge in [0.15, 0.2) is 11.6 Å². The zero-order valence-electron chi connectivity index (χ0n) is 22.5. The van der Waals surface area contributed by atoms with Gasteiger partial charge in [-0.3, -0.25) is 9.59 Å². The Kier molecular flexibility index (Phi) is 4.88. The highest BCUT2D eigenvalue weighted by molar-refractivity contribution is 6.04. The number of hydrogen-bond donors (Lipinski definition) is 0. The van der Waals surface area contributed by atoms with Gasteiger partial charge in [0, 0.05) is 16.7 Å². The van der Waals surface area contributed by atoms with Crippen LogP contribution in [0.3, 0.4) is 0 Å². The number of ketones is 2. The highest BCUT2D eigenvalue weighted by Crippen LogP contribution is 2.74. The van der Waals surface area contributed by atoms with E-state index < -0.39 is 10.8 Å². The van der Waals surface area contributed by atoms with E-state index in [0.29, 0.717) is 0 Å². The fourth-order valence-corrected chi connectivity index (χ4v) is 9.82. The molecule has 4 nitrogen and oxygen atoms in total. The van der Waals surface area contributed by atoms with Crippen LogP contribution in [-0.2, 0) is 9.59 Å². The number of carbonyl (C=O) groups excluding carboxylic acids is 2. The Bertz CT molecular complexity index is 1180. The molecule has 3 saturated carbocycles. The molecule has 0 aromatic heterocycles. The van der Waals surface area contributed by atoms with Gasteiger partial charge in [0.05, 0.1) is 17.1 Å². The van der Waals surface area contributed by atoms with Crippen LogP contribution in [0.25, 0.3) is 0 Å². The second-order valence-electron chi connectivity index (χ2n) is 14.4. The Hall–Kier alpha value is -2.20. The lowest BCUT2D eigenvalue weighted by Crippen LogP contribution is -2.64. The van der Waals surface area contributed by atoms with Gasteiger partial charge in [0.25, 0.3) is 0 Å². The molecule has 5 aliphatic rings. The van der Waals surface area contributed by atoms with E-state index in [4.69, 9.17) is 0 Å². The molecule has 0 N–H and O–H groups in total. The third-order valence-electron chi connectivity index (χ3n) is 12.3. The first-order chi connectivity index (χ1) is 16.1. The summed E-state index contributed by atoms with van der Waals surface area (Å²) in [5, 5.41) is 19.8. The van der Waals surface area contributed by atoms with Gasteiger partial charge in [-0.15, -0.1) is 0 Å². The van der Waals surface area contributed by atoms with Crippen molar-refractivity contribution in [2.45, 2.75) is 93.4 Å². The normalized spacial score (nSPS) is 50.3. The number of nitriles is 2. The van der Waals surface area contributed by atoms with Gasteiger partial charge in [0.2, 0.25) is 0 Å². The first-order valence-corrected chi connectivity index (χ1v) is 13.5. The maximum Gasteiger partial charge on any atom is 0.178 e. The number of fused-ring (bicyclic) bond motifs is 7. The SMILES string of the molecule is CC1(C)C(=O)C(C#N)=C[C@]2(C)C3=CC(=O)[C@@H]4[C@@H]5C[C@@](C)(C#N)CC[C@]5(C)CC[C@@]4(C)[C@]3(C)CC[C@@H]12. The average Bonchev–Trinajstić information content (AvgIpc) is 2.79. The highest BCUT2D eigenvalue weighted by atomic mass is 16.1. The largest absolute Gasteiger partial charge is 0.295 e. The standard InChI is InChI=1S/C31H40N2O2/c1-26(2)22-8-9-30(6)23(29(22,5)15-19(17-32)25(26)35)14-21(34)24-20-16-27(3,18-33)10-11-28(20,4)12-13-31(24,30)7/h14-15,20,22,24H,8-13,16H2,1-7H3/t20-,22-,24-,27-,28+,29-,30+,31+/m0/s1. The smallest absolute Gasteiger partial charge is 0.178 e. The van der Waals surface area contributed by atoms with Crippen LogP contribution >= 0.6 is 0 Å². The summed E-state index contributed by atoms with van der Waals surface area (Å²) >= 11 is 0. The molecule has 186 valence electrons. The van der Waals surface area contributed by atoms with Gasteiger partial charge < -0.3 is 0 Å². The molecule has 0 aromatic carbocycles. The fraction of sp³-hybridized carbons (Fsp3) is 0.742. The zero-order valence-corrected chi connectivity index (χ0v) is 22.5. The van der Waals surface area contributed by atoms with Crippen LogP contribution in [0.5, 0.6) is 0 Å². The van der Waals surface area contributed by atoms with Gasteiger partial charge >= 0.3 is 0 Å². The van der Waals surface area contributed by atoms with Crippen LogP contribution in [0.4, 0.5) is 0 Å². The van der Waals surface area contributed by atoms with E-state index in [1.54, 1.807) is 0 Å². The van der Waals surface area contributed by atoms with Crippen LogP contribution in [-0.4, -0.2) is 11.6 Å². The van der Waals surface area contributed by atoms with Crippen LogP contribution in [0.15, 0.2) is 23.3 Å². The summed E-state index contributed by atoms with van der Waals surface area (Å²) in [6, 6.07) is 4.77. The first-order valence-electron chi connectivity index (χ1n) is 13.5. The van der Waals surface area contributed by atoms with E-state index in [0.717, 1.165) is 50.5 Å². The van der Waals surface area contributed by atoms with Gasteiger partial charge in [-0.25, -0.2) is 0 Å². The van der Waals surface area contributed by atoms with E-state index >= 15 is 0 Å². The van der Waals surface area contributed by atoms with Crippen LogP contribution < -0.4 is 0 Å². The zero-order chi connectivity index (χ0) is 25.8. The number of Topliss-reactive ketones (excluding diaryl/α,β-unsaturated/α-hetero) is 1. The van der Waals surface area contributed by atoms with E-state index in [-0.39, 0.29) is 56.6 Å². The van der Waals surface area contributed by atoms with Crippen molar-refractivity contribution in [1.29, 1.82) is 10.5 Å². The van der Waals surface area contributed by atoms with Crippen molar-refractivity contribution in [3.05, 3.63) is 23.3 Å². The van der Waals surface area contributed by atoms with Gasteiger partial charge in [-0.05, 0) is 86.0 Å². The summed E-state index contributed by atoms with van der Waals surface area (Å²) in [5.74, 6) is 0.339. The minimum atomic E-state index is -0.638. The Morgan fingerprint density at radius 2 is 1.57 bits per heavy atom. The molecule has 0 bridgehead atoms. The quantitative estimate of drug-likeness (QED) is 0.391. The van der Waals surface area contributed by atoms with E-state index in [1.165, 1.54) is 0 Å². The Morgan fingerprint density at radius 1 is 0.914 bits per heavy atom. The maximum atomic E-state index is 14.2. The molecule has 0 aromatic rings. The topological polar surface area (TPSA) is 81.7 Å². The monoisotopic (exact) mass is 472 g/mol. The number of allylic oxidation sites excluding steroid dienone is 4. The Morgan fingerprint density at radius 3 is 2.20 bits per heavy atom. The summed E-state index contributed by atoms with van der Waals surface area (Å²) in [6.07, 6.45) is 10.5. The molecule has 8 atom stereocenters. The summed E-state index contributed by atoms with van der Waals surface area (Å²) in [6.45, 7) is 15.3. The molecular weight excluding hydrogens is 432 g/mol. The molecule has 3 fully saturated rings. The highest BCUT2D eigenvalue weighted by Gasteiger charge is 2.69. The molecule has 5 rings (SSSR count). The molecule has 0 unspecified atom stereocenters. The van der Waals surface area contributed by atoms with Crippen molar-refractivity contribution in [2.24, 2.45) is 50.2 Å². The maximum absolute atomic E-state index is 14.2. The summed E-state index contributed by atoms with van der Waals surface area (Å²) < 4.78 is 0. The lowest BCUT2D eigenvalue weighted by atomic mass is 9.34. The van der Waals surface area contributed by atoms with Crippen molar-refractivity contribution >= 4 is 11.6 Å². The molecule has 4 heteroatoms. The lowest BCUT2D eigenvalue weighted by Gasteiger charge is -2.69. The van der Waals surface area contributed by atoms with E-state index in [9.17, 15) is 20.1 Å². The predicted octanol–water partition coefficient (Wildman–Crippen LogP) is 6.73. The average molecular weight is 473 g/mol. The molecular formula is C31H40N2O2. The van der Waals surface area contributed by atoms with Crippen molar-refractivity contribution in [3.8, 4) is 12.1 Å². The molecule has 0 spiro atoms. The number of hydrogen-bond acceptors (Lipinski definition) is 4. The molecule has 35 heavy (non-hydrogen) atoms. The van der Waals surface area contributed by atoms with E-state index in [2.05, 4.69) is 46.8 Å². The van der Waals surface area contributed by atoms with Crippen LogP contribution in [0, 0.1) is 72.9 Å². The van der Waals surface area contributed by atoms with Crippen molar-refractivity contribution in [2.75, 3.05) is 0 Å². The lowest BCUT2D eigenvalue weighted by molar-refractivity contribution is -0.166. The van der Waals surface area contributed by atoms with Crippen molar-refractivity contribution < 1.29 is 9.59 Å². The predicted molar refractivity (Wildman–Crippen MR) is 135 cm³/mol. The third kappa shape index (κ3) is 2.84. The summed E-state index contributed by atoms with van der Waals surface area (Å²) in [7, 11) is 0. The van der Waals surface area contributed by atoms with Gasteiger partial charge in [-0.2, -0.15) is 10.5 Å². The van der Waals surface area contributed by atoms with Crippen molar-refractivity contribution in [3.63, 3.8) is 0 Å². The number of carbonyl (C=O) groups is 2. The molecule has 0 saturated heterocycles. The third-order valence-corrected chi connectivity index (χ3v) is 12.3. The van der Waals surface area contributed by atoms with E-state index in [1.807, 2.05) is 26.0 Å². The molecule has 0 heterocycles. The molecule has 0 amide bonds. The van der Waals surface area contributed by atoms with Crippen LogP contribution in [0.1, 0.15) is 93.4 Å². The number of nitrogens with zero attached hydrogens (tertiary/aromatic N) is 2.